The van der Waals surface area contributed by atoms with E-state index in [0.29, 0.717) is 6.42 Å². The number of para-hydroxylation sites is 1. The maximum Gasteiger partial charge on any atom is 0.326 e. The first kappa shape index (κ1) is 20.8. The lowest BCUT2D eigenvalue weighted by molar-refractivity contribution is -0.141. The molecule has 0 radical (unpaired) electrons. The average molecular weight is 392 g/mol. The fourth-order valence-electron chi connectivity index (χ4n) is 2.64. The molecule has 0 fully saturated rings. The molecule has 146 valence electrons. The third kappa shape index (κ3) is 6.00. The summed E-state index contributed by atoms with van der Waals surface area (Å²) in [4.78, 5) is 38.5. The first-order valence-corrected chi connectivity index (χ1v) is 9.91. The van der Waals surface area contributed by atoms with Crippen LogP contribution in [-0.4, -0.2) is 58.5 Å². The first-order valence-electron chi connectivity index (χ1n) is 8.51. The van der Waals surface area contributed by atoms with Crippen molar-refractivity contribution in [3.63, 3.8) is 0 Å². The Morgan fingerprint density at radius 1 is 1.30 bits per heavy atom. The van der Waals surface area contributed by atoms with E-state index in [9.17, 15) is 19.5 Å². The summed E-state index contributed by atoms with van der Waals surface area (Å²) in [5.74, 6) is -1.40. The number of carbonyl (C=O) groups is 3. The Labute approximate surface area is 161 Å². The Hall–Kier alpha value is -2.52. The molecular weight excluding hydrogens is 368 g/mol. The smallest absolute Gasteiger partial charge is 0.326 e. The van der Waals surface area contributed by atoms with Gasteiger partial charge in [-0.15, -0.1) is 0 Å². The van der Waals surface area contributed by atoms with Crippen molar-refractivity contribution in [2.75, 3.05) is 18.6 Å². The van der Waals surface area contributed by atoms with E-state index in [-0.39, 0.29) is 13.0 Å². The summed E-state index contributed by atoms with van der Waals surface area (Å²) in [7, 11) is 0. The molecule has 1 aromatic heterocycles. The minimum Gasteiger partial charge on any atom is -0.480 e. The zero-order valence-corrected chi connectivity index (χ0v) is 15.8. The summed E-state index contributed by atoms with van der Waals surface area (Å²) in [6.07, 6.45) is 4.29. The highest BCUT2D eigenvalue weighted by atomic mass is 32.2. The monoisotopic (exact) mass is 392 g/mol. The summed E-state index contributed by atoms with van der Waals surface area (Å²) < 4.78 is 0. The normalized spacial score (nSPS) is 13.1. The van der Waals surface area contributed by atoms with Gasteiger partial charge in [0.2, 0.25) is 11.8 Å². The van der Waals surface area contributed by atoms with Gasteiger partial charge in [-0.2, -0.15) is 11.8 Å². The van der Waals surface area contributed by atoms with Crippen molar-refractivity contribution in [3.8, 4) is 0 Å². The molecule has 2 unspecified atom stereocenters. The van der Waals surface area contributed by atoms with Gasteiger partial charge >= 0.3 is 5.97 Å². The van der Waals surface area contributed by atoms with Crippen LogP contribution in [0.15, 0.2) is 30.5 Å². The highest BCUT2D eigenvalue weighted by molar-refractivity contribution is 7.98. The second-order valence-corrected chi connectivity index (χ2v) is 7.11. The van der Waals surface area contributed by atoms with E-state index >= 15 is 0 Å². The van der Waals surface area contributed by atoms with Crippen LogP contribution in [0.2, 0.25) is 0 Å². The Kier molecular flexibility index (Phi) is 7.68. The van der Waals surface area contributed by atoms with Crippen LogP contribution in [0, 0.1) is 0 Å². The topological polar surface area (TPSA) is 137 Å². The Balaban J connectivity index is 1.91. The van der Waals surface area contributed by atoms with Crippen LogP contribution in [0.4, 0.5) is 0 Å². The molecule has 1 heterocycles. The van der Waals surface area contributed by atoms with Crippen LogP contribution in [0.1, 0.15) is 12.0 Å². The molecule has 6 N–H and O–H groups in total. The molecule has 0 bridgehead atoms. The van der Waals surface area contributed by atoms with Crippen LogP contribution < -0.4 is 16.4 Å². The first-order chi connectivity index (χ1) is 12.9. The number of fused-ring (bicyclic) bond motifs is 1. The average Bonchev–Trinajstić information content (AvgIpc) is 3.06. The van der Waals surface area contributed by atoms with Gasteiger partial charge in [-0.05, 0) is 30.1 Å². The summed E-state index contributed by atoms with van der Waals surface area (Å²) in [5.41, 5.74) is 7.42. The van der Waals surface area contributed by atoms with Crippen molar-refractivity contribution in [2.24, 2.45) is 5.73 Å². The number of nitrogens with one attached hydrogen (secondary N) is 3. The number of carboxylic acids is 1. The molecular formula is C18H24N4O4S. The third-order valence-electron chi connectivity index (χ3n) is 4.13. The van der Waals surface area contributed by atoms with E-state index in [2.05, 4.69) is 15.6 Å². The molecule has 0 aliphatic heterocycles. The molecule has 2 aromatic rings. The number of aromatic amines is 1. The van der Waals surface area contributed by atoms with Gasteiger partial charge in [0.05, 0.1) is 12.6 Å². The molecule has 0 saturated carbocycles. The molecule has 1 aromatic carbocycles. The number of nitrogens with two attached hydrogens (primary N) is 1. The number of hydrogen-bond donors (Lipinski definition) is 5. The van der Waals surface area contributed by atoms with Crippen molar-refractivity contribution in [1.29, 1.82) is 0 Å². The van der Waals surface area contributed by atoms with Crippen molar-refractivity contribution < 1.29 is 19.5 Å². The van der Waals surface area contributed by atoms with E-state index in [1.807, 2.05) is 30.5 Å². The molecule has 0 aliphatic rings. The van der Waals surface area contributed by atoms with Crippen molar-refractivity contribution in [2.45, 2.75) is 24.9 Å². The van der Waals surface area contributed by atoms with Gasteiger partial charge in [0, 0.05) is 23.5 Å². The zero-order valence-electron chi connectivity index (χ0n) is 15.0. The summed E-state index contributed by atoms with van der Waals surface area (Å²) in [5, 5.41) is 15.2. The molecule has 0 aliphatic carbocycles. The number of aliphatic carboxylic acids is 1. The number of carboxylic acid groups (broad SMARTS) is 1. The largest absolute Gasteiger partial charge is 0.480 e. The minimum atomic E-state index is -1.14. The molecule has 2 atom stereocenters. The number of aromatic nitrogens is 1. The fourth-order valence-corrected chi connectivity index (χ4v) is 3.13. The van der Waals surface area contributed by atoms with Gasteiger partial charge < -0.3 is 26.5 Å². The number of hydrogen-bond acceptors (Lipinski definition) is 5. The quantitative estimate of drug-likeness (QED) is 0.399. The second kappa shape index (κ2) is 9.98. The molecule has 9 heteroatoms. The number of benzene rings is 1. The fraction of sp³-hybridized carbons (Fsp3) is 0.389. The van der Waals surface area contributed by atoms with E-state index in [0.717, 1.165) is 22.2 Å². The lowest BCUT2D eigenvalue weighted by atomic mass is 10.0. The lowest BCUT2D eigenvalue weighted by Gasteiger charge is -2.16. The molecule has 0 saturated heterocycles. The van der Waals surface area contributed by atoms with Crippen molar-refractivity contribution in [1.82, 2.24) is 15.6 Å². The van der Waals surface area contributed by atoms with Gasteiger partial charge in [0.15, 0.2) is 0 Å². The molecule has 8 nitrogen and oxygen atoms in total. The van der Waals surface area contributed by atoms with Gasteiger partial charge in [-0.3, -0.25) is 9.59 Å². The van der Waals surface area contributed by atoms with Crippen molar-refractivity contribution >= 4 is 40.4 Å². The molecule has 0 spiro atoms. The minimum absolute atomic E-state index is 0.131. The van der Waals surface area contributed by atoms with Crippen LogP contribution >= 0.6 is 11.8 Å². The maximum absolute atomic E-state index is 12.0. The van der Waals surface area contributed by atoms with E-state index in [1.54, 1.807) is 18.0 Å². The summed E-state index contributed by atoms with van der Waals surface area (Å²) >= 11 is 1.58. The van der Waals surface area contributed by atoms with Crippen LogP contribution in [0.3, 0.4) is 0 Å². The summed E-state index contributed by atoms with van der Waals surface area (Å²) in [6, 6.07) is 5.74. The lowest BCUT2D eigenvalue weighted by Crippen LogP contribution is -2.49. The number of carbonyl (C=O) groups excluding carboxylic acids is 2. The Morgan fingerprint density at radius 3 is 2.74 bits per heavy atom. The molecule has 2 amide bonds. The van der Waals surface area contributed by atoms with Crippen LogP contribution in [-0.2, 0) is 20.8 Å². The Bertz CT molecular complexity index is 808. The number of rotatable bonds is 10. The van der Waals surface area contributed by atoms with E-state index in [1.165, 1.54) is 0 Å². The van der Waals surface area contributed by atoms with Crippen molar-refractivity contribution in [3.05, 3.63) is 36.0 Å². The number of H-pyrrole nitrogens is 1. The maximum atomic E-state index is 12.0. The standard InChI is InChI=1S/C18H24N4O4S/c1-27-7-6-13(19)17(24)21-10-16(23)22-15(18(25)26)8-11-9-20-14-5-3-2-4-12(11)14/h2-5,9,13,15,20H,6-8,10,19H2,1H3,(H,21,24)(H,22,23)(H,25,26). The Morgan fingerprint density at radius 2 is 2.04 bits per heavy atom. The van der Waals surface area contributed by atoms with Crippen LogP contribution in [0.5, 0.6) is 0 Å². The van der Waals surface area contributed by atoms with E-state index < -0.39 is 29.9 Å². The predicted octanol–water partition coefficient (Wildman–Crippen LogP) is 0.476. The molecule has 27 heavy (non-hydrogen) atoms. The van der Waals surface area contributed by atoms with Gasteiger partial charge in [-0.25, -0.2) is 4.79 Å². The zero-order chi connectivity index (χ0) is 19.8. The predicted molar refractivity (Wildman–Crippen MR) is 106 cm³/mol. The number of amides is 2. The highest BCUT2D eigenvalue weighted by Crippen LogP contribution is 2.19. The number of thioether (sulfide) groups is 1. The third-order valence-corrected chi connectivity index (χ3v) is 4.77. The van der Waals surface area contributed by atoms with Crippen LogP contribution in [0.25, 0.3) is 10.9 Å². The van der Waals surface area contributed by atoms with Gasteiger partial charge in [-0.1, -0.05) is 18.2 Å². The highest BCUT2D eigenvalue weighted by Gasteiger charge is 2.22. The summed E-state index contributed by atoms with van der Waals surface area (Å²) in [6.45, 7) is -0.316. The molecule has 2 rings (SSSR count). The van der Waals surface area contributed by atoms with Gasteiger partial charge in [0.1, 0.15) is 6.04 Å². The van der Waals surface area contributed by atoms with E-state index in [4.69, 9.17) is 5.73 Å². The SMILES string of the molecule is CSCCC(N)C(=O)NCC(=O)NC(Cc1c[nH]c2ccccc12)C(=O)O. The second-order valence-electron chi connectivity index (χ2n) is 6.13. The van der Waals surface area contributed by atoms with Gasteiger partial charge in [0.25, 0.3) is 0 Å².